The average Bonchev–Trinajstić information content (AvgIpc) is 2.06. The molecule has 0 atom stereocenters. The molecule has 0 aliphatic carbocycles. The molecule has 3 nitrogen and oxygen atoms in total. The van der Waals surface area contributed by atoms with Gasteiger partial charge in [-0.25, -0.2) is 0 Å². The quantitative estimate of drug-likeness (QED) is 0.688. The van der Waals surface area contributed by atoms with Gasteiger partial charge in [0.2, 0.25) is 0 Å². The summed E-state index contributed by atoms with van der Waals surface area (Å²) in [5.74, 6) is 0. The molecule has 0 spiro atoms. The summed E-state index contributed by atoms with van der Waals surface area (Å²) in [6.45, 7) is 4.22. The molecule has 1 N–H and O–H groups in total. The SMILES string of the molecule is CCC[Si](C)(OC)OC.CNC. The van der Waals surface area contributed by atoms with E-state index in [0.717, 1.165) is 12.5 Å². The molecule has 76 valence electrons. The summed E-state index contributed by atoms with van der Waals surface area (Å²) in [6, 6.07) is 1.08. The summed E-state index contributed by atoms with van der Waals surface area (Å²) < 4.78 is 10.5. The van der Waals surface area contributed by atoms with Crippen LogP contribution < -0.4 is 5.32 Å². The average molecular weight is 193 g/mol. The fourth-order valence-corrected chi connectivity index (χ4v) is 2.22. The fraction of sp³-hybridized carbons (Fsp3) is 1.00. The van der Waals surface area contributed by atoms with Gasteiger partial charge in [-0.1, -0.05) is 13.3 Å². The Bertz CT molecular complexity index is 87.1. The molecule has 0 bridgehead atoms. The van der Waals surface area contributed by atoms with Crippen molar-refractivity contribution in [1.82, 2.24) is 5.32 Å². The molecule has 0 amide bonds. The Morgan fingerprint density at radius 3 is 1.58 bits per heavy atom. The molecule has 4 heteroatoms. The van der Waals surface area contributed by atoms with Gasteiger partial charge in [0.25, 0.3) is 0 Å². The summed E-state index contributed by atoms with van der Waals surface area (Å²) in [5, 5.41) is 2.75. The molecule has 0 radical (unpaired) electrons. The van der Waals surface area contributed by atoms with Gasteiger partial charge in [-0.05, 0) is 26.7 Å². The summed E-state index contributed by atoms with van der Waals surface area (Å²) in [4.78, 5) is 0. The molecule has 0 aliphatic rings. The highest BCUT2D eigenvalue weighted by atomic mass is 28.4. The molecule has 0 aromatic rings. The van der Waals surface area contributed by atoms with Crippen molar-refractivity contribution in [3.8, 4) is 0 Å². The van der Waals surface area contributed by atoms with Crippen LogP contribution in [0.3, 0.4) is 0 Å². The van der Waals surface area contributed by atoms with Gasteiger partial charge in [-0.2, -0.15) is 0 Å². The lowest BCUT2D eigenvalue weighted by Gasteiger charge is -2.21. The molecule has 0 fully saturated rings. The first kappa shape index (κ1) is 14.6. The highest BCUT2D eigenvalue weighted by Gasteiger charge is 2.26. The van der Waals surface area contributed by atoms with E-state index in [-0.39, 0.29) is 0 Å². The van der Waals surface area contributed by atoms with Gasteiger partial charge in [-0.3, -0.25) is 0 Å². The van der Waals surface area contributed by atoms with E-state index in [2.05, 4.69) is 18.8 Å². The predicted octanol–water partition coefficient (Wildman–Crippen LogP) is 1.60. The Morgan fingerprint density at radius 2 is 1.50 bits per heavy atom. The van der Waals surface area contributed by atoms with Crippen molar-refractivity contribution in [1.29, 1.82) is 0 Å². The molecular formula is C8H23NO2Si. The zero-order valence-corrected chi connectivity index (χ0v) is 10.2. The van der Waals surface area contributed by atoms with E-state index in [1.165, 1.54) is 0 Å². The van der Waals surface area contributed by atoms with Crippen molar-refractivity contribution < 1.29 is 8.85 Å². The summed E-state index contributed by atoms with van der Waals surface area (Å²) in [7, 11) is 5.51. The van der Waals surface area contributed by atoms with Crippen LogP contribution in [-0.2, 0) is 8.85 Å². The van der Waals surface area contributed by atoms with Crippen molar-refractivity contribution in [2.75, 3.05) is 28.3 Å². The minimum Gasteiger partial charge on any atom is -0.398 e. The van der Waals surface area contributed by atoms with E-state index in [1.807, 2.05) is 14.1 Å². The van der Waals surface area contributed by atoms with Crippen LogP contribution in [0.5, 0.6) is 0 Å². The number of hydrogen-bond donors (Lipinski definition) is 1. The Kier molecular flexibility index (Phi) is 11.2. The first-order valence-electron chi connectivity index (χ1n) is 4.29. The van der Waals surface area contributed by atoms with Crippen molar-refractivity contribution in [3.63, 3.8) is 0 Å². The van der Waals surface area contributed by atoms with Crippen LogP contribution in [0.4, 0.5) is 0 Å². The van der Waals surface area contributed by atoms with Crippen LogP contribution in [0.2, 0.25) is 12.6 Å². The second-order valence-corrected chi connectivity index (χ2v) is 6.38. The predicted molar refractivity (Wildman–Crippen MR) is 55.7 cm³/mol. The Labute approximate surface area is 77.7 Å². The second-order valence-electron chi connectivity index (χ2n) is 2.79. The number of hydrogen-bond acceptors (Lipinski definition) is 3. The van der Waals surface area contributed by atoms with Crippen molar-refractivity contribution in [3.05, 3.63) is 0 Å². The van der Waals surface area contributed by atoms with Crippen LogP contribution in [0, 0.1) is 0 Å². The molecule has 0 rings (SSSR count). The van der Waals surface area contributed by atoms with Crippen molar-refractivity contribution in [2.45, 2.75) is 25.9 Å². The Balaban J connectivity index is 0. The number of nitrogens with one attached hydrogen (secondary N) is 1. The molecule has 0 unspecified atom stereocenters. The maximum Gasteiger partial charge on any atom is 0.334 e. The molecule has 0 saturated carbocycles. The maximum absolute atomic E-state index is 5.24. The normalized spacial score (nSPS) is 10.5. The summed E-state index contributed by atoms with van der Waals surface area (Å²) in [5.41, 5.74) is 0. The molecule has 0 aliphatic heterocycles. The van der Waals surface area contributed by atoms with Gasteiger partial charge in [-0.15, -0.1) is 0 Å². The molecular weight excluding hydrogens is 170 g/mol. The summed E-state index contributed by atoms with van der Waals surface area (Å²) >= 11 is 0. The lowest BCUT2D eigenvalue weighted by Crippen LogP contribution is -2.35. The molecule has 0 aromatic carbocycles. The summed E-state index contributed by atoms with van der Waals surface area (Å²) in [6.07, 6.45) is 1.14. The monoisotopic (exact) mass is 193 g/mol. The van der Waals surface area contributed by atoms with E-state index in [0.29, 0.717) is 0 Å². The van der Waals surface area contributed by atoms with Crippen LogP contribution >= 0.6 is 0 Å². The molecule has 0 saturated heterocycles. The van der Waals surface area contributed by atoms with E-state index in [1.54, 1.807) is 14.2 Å². The Hall–Kier alpha value is 0.0969. The standard InChI is InChI=1S/C6H16O2Si.C2H7N/c1-5-6-9(4,7-2)8-3;1-3-2/h5-6H2,1-4H3;3H,1-2H3. The van der Waals surface area contributed by atoms with Crippen LogP contribution in [-0.4, -0.2) is 36.9 Å². The zero-order chi connectivity index (χ0) is 10.0. The van der Waals surface area contributed by atoms with Gasteiger partial charge in [0.1, 0.15) is 0 Å². The van der Waals surface area contributed by atoms with Gasteiger partial charge in [0, 0.05) is 14.2 Å². The van der Waals surface area contributed by atoms with Gasteiger partial charge >= 0.3 is 8.56 Å². The molecule has 0 aromatic heterocycles. The van der Waals surface area contributed by atoms with Gasteiger partial charge in [0.15, 0.2) is 0 Å². The van der Waals surface area contributed by atoms with E-state index >= 15 is 0 Å². The van der Waals surface area contributed by atoms with Crippen molar-refractivity contribution >= 4 is 8.56 Å². The first-order chi connectivity index (χ1) is 5.60. The third-order valence-electron chi connectivity index (χ3n) is 1.57. The fourth-order valence-electron chi connectivity index (χ4n) is 0.742. The molecule has 0 heterocycles. The third kappa shape index (κ3) is 8.20. The van der Waals surface area contributed by atoms with Crippen molar-refractivity contribution in [2.24, 2.45) is 0 Å². The van der Waals surface area contributed by atoms with Crippen LogP contribution in [0.1, 0.15) is 13.3 Å². The minimum atomic E-state index is -1.70. The third-order valence-corrected chi connectivity index (χ3v) is 4.70. The van der Waals surface area contributed by atoms with Crippen LogP contribution in [0.25, 0.3) is 0 Å². The highest BCUT2D eigenvalue weighted by molar-refractivity contribution is 6.65. The minimum absolute atomic E-state index is 1.08. The maximum atomic E-state index is 5.24. The zero-order valence-electron chi connectivity index (χ0n) is 9.23. The van der Waals surface area contributed by atoms with Gasteiger partial charge in [0.05, 0.1) is 0 Å². The topological polar surface area (TPSA) is 30.5 Å². The first-order valence-corrected chi connectivity index (χ1v) is 6.81. The van der Waals surface area contributed by atoms with Gasteiger partial charge < -0.3 is 14.2 Å². The van der Waals surface area contributed by atoms with E-state index in [9.17, 15) is 0 Å². The van der Waals surface area contributed by atoms with Crippen LogP contribution in [0.15, 0.2) is 0 Å². The Morgan fingerprint density at radius 1 is 1.17 bits per heavy atom. The lowest BCUT2D eigenvalue weighted by atomic mass is 10.6. The smallest absolute Gasteiger partial charge is 0.334 e. The number of rotatable bonds is 4. The molecule has 12 heavy (non-hydrogen) atoms. The van der Waals surface area contributed by atoms with E-state index < -0.39 is 8.56 Å². The van der Waals surface area contributed by atoms with E-state index in [4.69, 9.17) is 8.85 Å². The largest absolute Gasteiger partial charge is 0.398 e. The second kappa shape index (κ2) is 9.19. The highest BCUT2D eigenvalue weighted by Crippen LogP contribution is 2.12. The lowest BCUT2D eigenvalue weighted by molar-refractivity contribution is 0.249.